The molecule has 0 amide bonds. The molecule has 0 aromatic heterocycles. The van der Waals surface area contributed by atoms with Crippen molar-refractivity contribution < 1.29 is 21.6 Å². The van der Waals surface area contributed by atoms with Crippen LogP contribution < -0.4 is 9.62 Å². The van der Waals surface area contributed by atoms with E-state index in [1.54, 1.807) is 19.9 Å². The van der Waals surface area contributed by atoms with Gasteiger partial charge < -0.3 is 9.64 Å². The van der Waals surface area contributed by atoms with Gasteiger partial charge in [0.2, 0.25) is 10.0 Å². The van der Waals surface area contributed by atoms with E-state index in [0.29, 0.717) is 50.1 Å². The summed E-state index contributed by atoms with van der Waals surface area (Å²) in [7, 11) is -7.72. The minimum atomic E-state index is -3.96. The van der Waals surface area contributed by atoms with Gasteiger partial charge in [-0.05, 0) is 42.5 Å². The molecule has 0 spiro atoms. The molecule has 0 bridgehead atoms. The molecule has 1 aliphatic rings. The average molecular weight is 488 g/mol. The molecule has 1 aliphatic heterocycles. The van der Waals surface area contributed by atoms with Crippen LogP contribution in [0.5, 0.6) is 0 Å². The van der Waals surface area contributed by atoms with Crippen LogP contribution in [0.2, 0.25) is 5.02 Å². The lowest BCUT2D eigenvalue weighted by molar-refractivity contribution is 0.123. The van der Waals surface area contributed by atoms with Crippen LogP contribution in [0.25, 0.3) is 0 Å². The van der Waals surface area contributed by atoms with Crippen LogP contribution in [0.3, 0.4) is 0 Å². The summed E-state index contributed by atoms with van der Waals surface area (Å²) in [5.41, 5.74) is 0.796. The van der Waals surface area contributed by atoms with Crippen molar-refractivity contribution in [3.63, 3.8) is 0 Å². The Labute approximate surface area is 188 Å². The number of morpholine rings is 1. The van der Waals surface area contributed by atoms with Gasteiger partial charge in [-0.2, -0.15) is 4.31 Å². The van der Waals surface area contributed by atoms with Crippen molar-refractivity contribution in [3.05, 3.63) is 47.5 Å². The molecule has 1 N–H and O–H groups in total. The first-order valence-electron chi connectivity index (χ1n) is 9.94. The minimum absolute atomic E-state index is 0.0295. The third kappa shape index (κ3) is 5.32. The molecule has 11 heteroatoms. The Kier molecular flexibility index (Phi) is 7.48. The Balaban J connectivity index is 2.06. The second-order valence-corrected chi connectivity index (χ2v) is 11.0. The highest BCUT2D eigenvalue weighted by atomic mass is 35.5. The summed E-state index contributed by atoms with van der Waals surface area (Å²) in [6, 6.07) is 10.3. The van der Waals surface area contributed by atoms with E-state index < -0.39 is 20.0 Å². The fourth-order valence-corrected chi connectivity index (χ4v) is 6.04. The zero-order chi connectivity index (χ0) is 22.6. The number of rotatable bonds is 8. The summed E-state index contributed by atoms with van der Waals surface area (Å²) in [5, 5.41) is 0.417. The molecule has 0 aliphatic carbocycles. The highest BCUT2D eigenvalue weighted by Gasteiger charge is 2.26. The SMILES string of the molecule is CCN(CC)S(=O)(=O)c1ccc(N2CCOCC2)c(NS(=O)(=O)c2ccc(Cl)cc2)c1. The summed E-state index contributed by atoms with van der Waals surface area (Å²) in [4.78, 5) is 2.03. The van der Waals surface area contributed by atoms with Crippen LogP contribution >= 0.6 is 11.6 Å². The van der Waals surface area contributed by atoms with Crippen LogP contribution in [-0.2, 0) is 24.8 Å². The van der Waals surface area contributed by atoms with Crippen molar-refractivity contribution in [1.29, 1.82) is 0 Å². The second kappa shape index (κ2) is 9.74. The summed E-state index contributed by atoms with van der Waals surface area (Å²) in [6.07, 6.45) is 0. The van der Waals surface area contributed by atoms with Crippen molar-refractivity contribution in [2.24, 2.45) is 0 Å². The number of benzene rings is 2. The van der Waals surface area contributed by atoms with Gasteiger partial charge in [0.25, 0.3) is 10.0 Å². The molecule has 1 fully saturated rings. The van der Waals surface area contributed by atoms with Crippen molar-refractivity contribution in [3.8, 4) is 0 Å². The van der Waals surface area contributed by atoms with Gasteiger partial charge in [-0.15, -0.1) is 0 Å². The number of hydrogen-bond donors (Lipinski definition) is 1. The maximum atomic E-state index is 13.0. The van der Waals surface area contributed by atoms with E-state index in [4.69, 9.17) is 16.3 Å². The van der Waals surface area contributed by atoms with Crippen molar-refractivity contribution in [1.82, 2.24) is 4.31 Å². The molecule has 0 saturated carbocycles. The van der Waals surface area contributed by atoms with Gasteiger partial charge in [-0.25, -0.2) is 16.8 Å². The molecule has 1 heterocycles. The fraction of sp³-hybridized carbons (Fsp3) is 0.400. The molecule has 31 heavy (non-hydrogen) atoms. The Morgan fingerprint density at radius 3 is 2.13 bits per heavy atom. The lowest BCUT2D eigenvalue weighted by atomic mass is 10.2. The number of sulfonamides is 2. The van der Waals surface area contributed by atoms with E-state index in [1.807, 2.05) is 4.90 Å². The average Bonchev–Trinajstić information content (AvgIpc) is 2.75. The van der Waals surface area contributed by atoms with Crippen LogP contribution in [-0.4, -0.2) is 60.5 Å². The second-order valence-electron chi connectivity index (χ2n) is 6.93. The molecule has 170 valence electrons. The minimum Gasteiger partial charge on any atom is -0.378 e. The number of ether oxygens (including phenoxy) is 1. The fourth-order valence-electron chi connectivity index (χ4n) is 3.37. The molecule has 0 atom stereocenters. The third-order valence-corrected chi connectivity index (χ3v) is 8.71. The predicted molar refractivity (Wildman–Crippen MR) is 122 cm³/mol. The van der Waals surface area contributed by atoms with Gasteiger partial charge >= 0.3 is 0 Å². The van der Waals surface area contributed by atoms with E-state index in [9.17, 15) is 16.8 Å². The van der Waals surface area contributed by atoms with E-state index in [1.165, 1.54) is 40.7 Å². The zero-order valence-corrected chi connectivity index (χ0v) is 19.8. The number of anilines is 2. The van der Waals surface area contributed by atoms with Gasteiger partial charge in [0.15, 0.2) is 0 Å². The standard InChI is InChI=1S/C20H26ClN3O5S2/c1-3-24(4-2)31(27,28)18-9-10-20(23-11-13-29-14-12-23)19(15-18)22-30(25,26)17-7-5-16(21)6-8-17/h5-10,15,22H,3-4,11-14H2,1-2H3. The number of halogens is 1. The maximum Gasteiger partial charge on any atom is 0.261 e. The Morgan fingerprint density at radius 1 is 0.968 bits per heavy atom. The molecule has 8 nitrogen and oxygen atoms in total. The first-order valence-corrected chi connectivity index (χ1v) is 13.2. The largest absolute Gasteiger partial charge is 0.378 e. The van der Waals surface area contributed by atoms with Crippen molar-refractivity contribution >= 4 is 43.0 Å². The normalized spacial score (nSPS) is 15.3. The summed E-state index contributed by atoms with van der Waals surface area (Å²) >= 11 is 5.87. The molecule has 0 radical (unpaired) electrons. The molecule has 0 unspecified atom stereocenters. The smallest absolute Gasteiger partial charge is 0.261 e. The van der Waals surface area contributed by atoms with Crippen molar-refractivity contribution in [2.75, 3.05) is 49.0 Å². The number of nitrogens with one attached hydrogen (secondary N) is 1. The van der Waals surface area contributed by atoms with Crippen LogP contribution in [0.1, 0.15) is 13.8 Å². The van der Waals surface area contributed by atoms with E-state index >= 15 is 0 Å². The monoisotopic (exact) mass is 487 g/mol. The van der Waals surface area contributed by atoms with Gasteiger partial charge in [0.05, 0.1) is 34.4 Å². The lowest BCUT2D eigenvalue weighted by Gasteiger charge is -2.31. The molecule has 1 saturated heterocycles. The summed E-state index contributed by atoms with van der Waals surface area (Å²) in [5.74, 6) is 0. The number of nitrogens with zero attached hydrogens (tertiary/aromatic N) is 2. The Bertz CT molecular complexity index is 1110. The maximum absolute atomic E-state index is 13.0. The van der Waals surface area contributed by atoms with Gasteiger partial charge in [0.1, 0.15) is 0 Å². The lowest BCUT2D eigenvalue weighted by Crippen LogP contribution is -2.37. The molecular formula is C20H26ClN3O5S2. The van der Waals surface area contributed by atoms with Crippen LogP contribution in [0.4, 0.5) is 11.4 Å². The number of hydrogen-bond acceptors (Lipinski definition) is 6. The molecule has 2 aromatic rings. The highest BCUT2D eigenvalue weighted by Crippen LogP contribution is 2.32. The van der Waals surface area contributed by atoms with Crippen LogP contribution in [0.15, 0.2) is 52.3 Å². The summed E-state index contributed by atoms with van der Waals surface area (Å²) in [6.45, 7) is 6.29. The molecule has 3 rings (SSSR count). The quantitative estimate of drug-likeness (QED) is 0.615. The van der Waals surface area contributed by atoms with Gasteiger partial charge in [-0.1, -0.05) is 25.4 Å². The summed E-state index contributed by atoms with van der Waals surface area (Å²) < 4.78 is 61.3. The Hall–Kier alpha value is -1.85. The first kappa shape index (κ1) is 23.8. The first-order chi connectivity index (χ1) is 14.7. The topological polar surface area (TPSA) is 96.0 Å². The van der Waals surface area contributed by atoms with E-state index in [0.717, 1.165) is 0 Å². The third-order valence-electron chi connectivity index (χ3n) is 5.03. The molecular weight excluding hydrogens is 462 g/mol. The van der Waals surface area contributed by atoms with Crippen LogP contribution in [0, 0.1) is 0 Å². The molecule has 2 aromatic carbocycles. The van der Waals surface area contributed by atoms with Crippen molar-refractivity contribution in [2.45, 2.75) is 23.6 Å². The van der Waals surface area contributed by atoms with Gasteiger partial charge in [0, 0.05) is 31.2 Å². The van der Waals surface area contributed by atoms with E-state index in [-0.39, 0.29) is 15.5 Å². The highest BCUT2D eigenvalue weighted by molar-refractivity contribution is 7.92. The predicted octanol–water partition coefficient (Wildman–Crippen LogP) is 3.01. The van der Waals surface area contributed by atoms with E-state index in [2.05, 4.69) is 4.72 Å². The Morgan fingerprint density at radius 2 is 1.55 bits per heavy atom. The van der Waals surface area contributed by atoms with Gasteiger partial charge in [-0.3, -0.25) is 4.72 Å². The zero-order valence-electron chi connectivity index (χ0n) is 17.4.